The molecule has 0 heterocycles. The van der Waals surface area contributed by atoms with Crippen LogP contribution in [0.2, 0.25) is 0 Å². The van der Waals surface area contributed by atoms with Gasteiger partial charge in [-0.25, -0.2) is 0 Å². The molecule has 2 fully saturated rings. The number of amides is 2. The van der Waals surface area contributed by atoms with Gasteiger partial charge in [-0.05, 0) is 61.4 Å². The normalized spacial score (nSPS) is 17.9. The Kier molecular flexibility index (Phi) is 4.80. The van der Waals surface area contributed by atoms with Gasteiger partial charge < -0.3 is 10.6 Å². The summed E-state index contributed by atoms with van der Waals surface area (Å²) in [5.74, 6) is -0.116. The van der Waals surface area contributed by atoms with Crippen LogP contribution >= 0.6 is 0 Å². The third kappa shape index (κ3) is 4.11. The molecule has 0 atom stereocenters. The Morgan fingerprint density at radius 1 is 0.963 bits per heavy atom. The molecule has 2 aliphatic rings. The van der Waals surface area contributed by atoms with E-state index in [1.165, 1.54) is 5.56 Å². The van der Waals surface area contributed by atoms with Crippen LogP contribution in [-0.2, 0) is 10.3 Å². The van der Waals surface area contributed by atoms with Crippen molar-refractivity contribution in [1.82, 2.24) is 10.6 Å². The molecule has 4 rings (SSSR count). The molecule has 0 aromatic heterocycles. The first-order valence-corrected chi connectivity index (χ1v) is 9.61. The van der Waals surface area contributed by atoms with Crippen molar-refractivity contribution in [2.24, 2.45) is 0 Å². The van der Waals surface area contributed by atoms with Gasteiger partial charge in [-0.2, -0.15) is 0 Å². The minimum atomic E-state index is -0.229. The fourth-order valence-corrected chi connectivity index (χ4v) is 3.46. The summed E-state index contributed by atoms with van der Waals surface area (Å²) in [4.78, 5) is 24.4. The van der Waals surface area contributed by atoms with E-state index in [4.69, 9.17) is 0 Å². The van der Waals surface area contributed by atoms with Crippen LogP contribution in [-0.4, -0.2) is 17.9 Å². The molecule has 2 aliphatic carbocycles. The van der Waals surface area contributed by atoms with Gasteiger partial charge in [-0.3, -0.25) is 9.59 Å². The molecule has 4 heteroatoms. The summed E-state index contributed by atoms with van der Waals surface area (Å²) in [5, 5.41) is 6.16. The average molecular weight is 360 g/mol. The van der Waals surface area contributed by atoms with Crippen molar-refractivity contribution in [3.63, 3.8) is 0 Å². The van der Waals surface area contributed by atoms with Crippen LogP contribution < -0.4 is 10.6 Å². The van der Waals surface area contributed by atoms with Gasteiger partial charge in [0, 0.05) is 17.7 Å². The average Bonchev–Trinajstić information content (AvgIpc) is 3.48. The third-order valence-electron chi connectivity index (χ3n) is 5.41. The van der Waals surface area contributed by atoms with Gasteiger partial charge >= 0.3 is 0 Å². The van der Waals surface area contributed by atoms with Crippen molar-refractivity contribution in [3.05, 3.63) is 77.4 Å². The van der Waals surface area contributed by atoms with Crippen molar-refractivity contribution >= 4 is 17.9 Å². The van der Waals surface area contributed by atoms with E-state index in [0.717, 1.165) is 37.7 Å². The second-order valence-electron chi connectivity index (χ2n) is 7.49. The standard InChI is InChI=1S/C23H24N2O2/c26-21(25-23(15-4-16-23)19-5-2-1-3-6-19)14-9-17-7-10-18(11-8-17)22(27)24-20-12-13-20/h1-3,5-11,14,20H,4,12-13,15-16H2,(H,24,27)(H,25,26)/b14-9+. The Hall–Kier alpha value is -2.88. The van der Waals surface area contributed by atoms with Crippen LogP contribution in [0.4, 0.5) is 0 Å². The van der Waals surface area contributed by atoms with Gasteiger partial charge in [0.25, 0.3) is 5.91 Å². The van der Waals surface area contributed by atoms with E-state index in [1.54, 1.807) is 24.3 Å². The molecule has 27 heavy (non-hydrogen) atoms. The zero-order valence-corrected chi connectivity index (χ0v) is 15.3. The van der Waals surface area contributed by atoms with Crippen LogP contribution in [0.25, 0.3) is 6.08 Å². The van der Waals surface area contributed by atoms with Gasteiger partial charge in [-0.15, -0.1) is 0 Å². The Bertz CT molecular complexity index is 848. The van der Waals surface area contributed by atoms with E-state index < -0.39 is 0 Å². The van der Waals surface area contributed by atoms with Crippen LogP contribution in [0, 0.1) is 0 Å². The van der Waals surface area contributed by atoms with Gasteiger partial charge in [0.1, 0.15) is 0 Å². The lowest BCUT2D eigenvalue weighted by molar-refractivity contribution is -0.119. The highest BCUT2D eigenvalue weighted by Crippen LogP contribution is 2.41. The predicted octanol–water partition coefficient (Wildman–Crippen LogP) is 3.79. The molecular weight excluding hydrogens is 336 g/mol. The second-order valence-corrected chi connectivity index (χ2v) is 7.49. The molecule has 0 radical (unpaired) electrons. The highest BCUT2D eigenvalue weighted by molar-refractivity contribution is 5.95. The lowest BCUT2D eigenvalue weighted by atomic mass is 9.72. The summed E-state index contributed by atoms with van der Waals surface area (Å²) in [7, 11) is 0. The van der Waals surface area contributed by atoms with E-state index in [1.807, 2.05) is 30.3 Å². The van der Waals surface area contributed by atoms with Crippen molar-refractivity contribution in [2.75, 3.05) is 0 Å². The summed E-state index contributed by atoms with van der Waals surface area (Å²) in [6.07, 6.45) is 8.59. The Labute approximate surface area is 159 Å². The van der Waals surface area contributed by atoms with E-state index in [9.17, 15) is 9.59 Å². The number of hydrogen-bond donors (Lipinski definition) is 2. The van der Waals surface area contributed by atoms with Crippen molar-refractivity contribution in [1.29, 1.82) is 0 Å². The van der Waals surface area contributed by atoms with Crippen LogP contribution in [0.15, 0.2) is 60.7 Å². The molecule has 0 bridgehead atoms. The molecule has 0 saturated heterocycles. The predicted molar refractivity (Wildman–Crippen MR) is 106 cm³/mol. The fourth-order valence-electron chi connectivity index (χ4n) is 3.46. The zero-order chi connectivity index (χ0) is 18.7. The van der Waals surface area contributed by atoms with Crippen LogP contribution in [0.3, 0.4) is 0 Å². The number of nitrogens with one attached hydrogen (secondary N) is 2. The van der Waals surface area contributed by atoms with E-state index in [-0.39, 0.29) is 17.4 Å². The number of rotatable bonds is 6. The van der Waals surface area contributed by atoms with Gasteiger partial charge in [0.05, 0.1) is 5.54 Å². The molecule has 4 nitrogen and oxygen atoms in total. The second kappa shape index (κ2) is 7.39. The number of carbonyl (C=O) groups excluding carboxylic acids is 2. The summed E-state index contributed by atoms with van der Waals surface area (Å²) >= 11 is 0. The van der Waals surface area contributed by atoms with Crippen LogP contribution in [0.5, 0.6) is 0 Å². The maximum absolute atomic E-state index is 12.4. The molecule has 2 aromatic rings. The van der Waals surface area contributed by atoms with E-state index >= 15 is 0 Å². The largest absolute Gasteiger partial charge is 0.349 e. The molecule has 2 N–H and O–H groups in total. The van der Waals surface area contributed by atoms with Crippen molar-refractivity contribution < 1.29 is 9.59 Å². The maximum Gasteiger partial charge on any atom is 0.251 e. The molecule has 0 aliphatic heterocycles. The molecule has 138 valence electrons. The third-order valence-corrected chi connectivity index (χ3v) is 5.41. The quantitative estimate of drug-likeness (QED) is 0.770. The highest BCUT2D eigenvalue weighted by atomic mass is 16.2. The monoisotopic (exact) mass is 360 g/mol. The van der Waals surface area contributed by atoms with Crippen molar-refractivity contribution in [2.45, 2.75) is 43.7 Å². The van der Waals surface area contributed by atoms with E-state index in [0.29, 0.717) is 11.6 Å². The molecular formula is C23H24N2O2. The first-order valence-electron chi connectivity index (χ1n) is 9.61. The lowest BCUT2D eigenvalue weighted by Crippen LogP contribution is -2.50. The molecule has 2 amide bonds. The Balaban J connectivity index is 1.37. The highest BCUT2D eigenvalue weighted by Gasteiger charge is 2.39. The van der Waals surface area contributed by atoms with Gasteiger partial charge in [0.15, 0.2) is 0 Å². The SMILES string of the molecule is O=C(/C=C/c1ccc(C(=O)NC2CC2)cc1)NC1(c2ccccc2)CCC1. The first-order chi connectivity index (χ1) is 13.1. The van der Waals surface area contributed by atoms with Gasteiger partial charge in [-0.1, -0.05) is 42.5 Å². The number of carbonyl (C=O) groups is 2. The minimum Gasteiger partial charge on any atom is -0.349 e. The summed E-state index contributed by atoms with van der Waals surface area (Å²) in [6, 6.07) is 17.8. The lowest BCUT2D eigenvalue weighted by Gasteiger charge is -2.42. The minimum absolute atomic E-state index is 0.0273. The van der Waals surface area contributed by atoms with Crippen molar-refractivity contribution in [3.8, 4) is 0 Å². The zero-order valence-electron chi connectivity index (χ0n) is 15.3. The Morgan fingerprint density at radius 2 is 1.67 bits per heavy atom. The maximum atomic E-state index is 12.4. The molecule has 0 unspecified atom stereocenters. The number of benzene rings is 2. The molecule has 2 saturated carbocycles. The molecule has 2 aromatic carbocycles. The smallest absolute Gasteiger partial charge is 0.251 e. The fraction of sp³-hybridized carbons (Fsp3) is 0.304. The first kappa shape index (κ1) is 17.5. The summed E-state index contributed by atoms with van der Waals surface area (Å²) in [6.45, 7) is 0. The topological polar surface area (TPSA) is 58.2 Å². The van der Waals surface area contributed by atoms with Gasteiger partial charge in [0.2, 0.25) is 5.91 Å². The summed E-state index contributed by atoms with van der Waals surface area (Å²) < 4.78 is 0. The van der Waals surface area contributed by atoms with Crippen LogP contribution in [0.1, 0.15) is 53.6 Å². The number of hydrogen-bond acceptors (Lipinski definition) is 2. The van der Waals surface area contributed by atoms with E-state index in [2.05, 4.69) is 22.8 Å². The Morgan fingerprint density at radius 3 is 2.26 bits per heavy atom. The summed E-state index contributed by atoms with van der Waals surface area (Å²) in [5.41, 5.74) is 2.49. The molecule has 0 spiro atoms.